The van der Waals surface area contributed by atoms with Crippen LogP contribution in [0.3, 0.4) is 0 Å². The van der Waals surface area contributed by atoms with E-state index in [1.54, 1.807) is 0 Å². The summed E-state index contributed by atoms with van der Waals surface area (Å²) in [5.74, 6) is 2.19. The van der Waals surface area contributed by atoms with E-state index in [4.69, 9.17) is 18.0 Å². The first-order valence-corrected chi connectivity index (χ1v) is 6.78. The Morgan fingerprint density at radius 1 is 1.50 bits per heavy atom. The standard InChI is InChI=1S/C13H20N4S/c1-8(2)10-4-5-17(7-10)13-15-9(3)6-11(16-13)12(14)18/h6,8,10H,4-5,7H2,1-3H3,(H2,14,18). The number of thiocarbonyl (C=S) groups is 1. The van der Waals surface area contributed by atoms with Gasteiger partial charge in [-0.05, 0) is 31.2 Å². The van der Waals surface area contributed by atoms with E-state index in [2.05, 4.69) is 28.7 Å². The van der Waals surface area contributed by atoms with Crippen LogP contribution in [0.5, 0.6) is 0 Å². The van der Waals surface area contributed by atoms with Gasteiger partial charge in [0.05, 0.1) is 0 Å². The van der Waals surface area contributed by atoms with Crippen LogP contribution >= 0.6 is 12.2 Å². The summed E-state index contributed by atoms with van der Waals surface area (Å²) < 4.78 is 0. The van der Waals surface area contributed by atoms with Gasteiger partial charge in [-0.25, -0.2) is 9.97 Å². The van der Waals surface area contributed by atoms with Crippen LogP contribution in [0.4, 0.5) is 5.95 Å². The fourth-order valence-electron chi connectivity index (χ4n) is 2.33. The minimum Gasteiger partial charge on any atom is -0.388 e. The fraction of sp³-hybridized carbons (Fsp3) is 0.615. The highest BCUT2D eigenvalue weighted by atomic mass is 32.1. The smallest absolute Gasteiger partial charge is 0.226 e. The Morgan fingerprint density at radius 2 is 2.22 bits per heavy atom. The van der Waals surface area contributed by atoms with Crippen molar-refractivity contribution in [2.45, 2.75) is 27.2 Å². The van der Waals surface area contributed by atoms with Crippen LogP contribution in [0.15, 0.2) is 6.07 Å². The molecule has 1 aliphatic rings. The van der Waals surface area contributed by atoms with E-state index in [1.165, 1.54) is 6.42 Å². The Balaban J connectivity index is 2.21. The maximum absolute atomic E-state index is 5.65. The third kappa shape index (κ3) is 2.77. The highest BCUT2D eigenvalue weighted by molar-refractivity contribution is 7.80. The molecule has 1 atom stereocenters. The quantitative estimate of drug-likeness (QED) is 0.845. The molecule has 0 bridgehead atoms. The van der Waals surface area contributed by atoms with Gasteiger partial charge in [0.15, 0.2) is 0 Å². The normalized spacial score (nSPS) is 19.6. The summed E-state index contributed by atoms with van der Waals surface area (Å²) in [7, 11) is 0. The molecule has 2 N–H and O–H groups in total. The second-order valence-corrected chi connectivity index (χ2v) is 5.74. The molecule has 0 aromatic carbocycles. The summed E-state index contributed by atoms with van der Waals surface area (Å²) in [6.45, 7) is 8.53. The minimum atomic E-state index is 0.335. The Morgan fingerprint density at radius 3 is 2.78 bits per heavy atom. The van der Waals surface area contributed by atoms with Crippen molar-refractivity contribution in [3.63, 3.8) is 0 Å². The average Bonchev–Trinajstić information content (AvgIpc) is 2.77. The number of nitrogens with two attached hydrogens (primary N) is 1. The van der Waals surface area contributed by atoms with Crippen molar-refractivity contribution in [1.82, 2.24) is 9.97 Å². The summed E-state index contributed by atoms with van der Waals surface area (Å²) in [5, 5.41) is 0. The van der Waals surface area contributed by atoms with Crippen LogP contribution in [0.1, 0.15) is 31.7 Å². The number of rotatable bonds is 3. The van der Waals surface area contributed by atoms with Crippen LogP contribution < -0.4 is 10.6 Å². The van der Waals surface area contributed by atoms with Crippen LogP contribution in [-0.4, -0.2) is 28.0 Å². The first kappa shape index (κ1) is 13.2. The van der Waals surface area contributed by atoms with Gasteiger partial charge in [-0.15, -0.1) is 0 Å². The van der Waals surface area contributed by atoms with Crippen LogP contribution in [0.25, 0.3) is 0 Å². The van der Waals surface area contributed by atoms with Gasteiger partial charge >= 0.3 is 0 Å². The zero-order valence-corrected chi connectivity index (χ0v) is 12.0. The third-order valence-electron chi connectivity index (χ3n) is 3.55. The predicted molar refractivity (Wildman–Crippen MR) is 77.8 cm³/mol. The monoisotopic (exact) mass is 264 g/mol. The lowest BCUT2D eigenvalue weighted by Crippen LogP contribution is -2.25. The molecule has 4 nitrogen and oxygen atoms in total. The molecule has 1 fully saturated rings. The summed E-state index contributed by atoms with van der Waals surface area (Å²) in [5.41, 5.74) is 7.23. The molecule has 5 heteroatoms. The molecule has 18 heavy (non-hydrogen) atoms. The van der Waals surface area contributed by atoms with Crippen molar-refractivity contribution < 1.29 is 0 Å². The number of anilines is 1. The van der Waals surface area contributed by atoms with E-state index < -0.39 is 0 Å². The Hall–Kier alpha value is -1.23. The molecular weight excluding hydrogens is 244 g/mol. The second-order valence-electron chi connectivity index (χ2n) is 5.30. The van der Waals surface area contributed by atoms with Crippen molar-refractivity contribution in [2.75, 3.05) is 18.0 Å². The summed E-state index contributed by atoms with van der Waals surface area (Å²) in [6, 6.07) is 1.84. The lowest BCUT2D eigenvalue weighted by atomic mass is 9.95. The third-order valence-corrected chi connectivity index (χ3v) is 3.75. The van der Waals surface area contributed by atoms with E-state index in [0.717, 1.165) is 30.6 Å². The Labute approximate surface area is 114 Å². The first-order chi connectivity index (χ1) is 8.47. The van der Waals surface area contributed by atoms with Gasteiger partial charge in [-0.1, -0.05) is 26.1 Å². The number of nitrogens with zero attached hydrogens (tertiary/aromatic N) is 3. The lowest BCUT2D eigenvalue weighted by Gasteiger charge is -2.18. The molecule has 1 aliphatic heterocycles. The zero-order chi connectivity index (χ0) is 13.3. The maximum atomic E-state index is 5.65. The number of aryl methyl sites for hydroxylation is 1. The number of hydrogen-bond acceptors (Lipinski definition) is 4. The van der Waals surface area contributed by atoms with Gasteiger partial charge in [-0.2, -0.15) is 0 Å². The van der Waals surface area contributed by atoms with E-state index in [9.17, 15) is 0 Å². The molecule has 0 aliphatic carbocycles. The molecule has 1 aromatic heterocycles. The van der Waals surface area contributed by atoms with Gasteiger partial charge in [0.2, 0.25) is 5.95 Å². The van der Waals surface area contributed by atoms with Crippen LogP contribution in [-0.2, 0) is 0 Å². The van der Waals surface area contributed by atoms with Crippen LogP contribution in [0.2, 0.25) is 0 Å². The minimum absolute atomic E-state index is 0.335. The lowest BCUT2D eigenvalue weighted by molar-refractivity contribution is 0.422. The van der Waals surface area contributed by atoms with Gasteiger partial charge in [0.25, 0.3) is 0 Å². The summed E-state index contributed by atoms with van der Waals surface area (Å²) in [6.07, 6.45) is 1.21. The molecule has 2 rings (SSSR count). The van der Waals surface area contributed by atoms with Crippen molar-refractivity contribution in [2.24, 2.45) is 17.6 Å². The van der Waals surface area contributed by atoms with E-state index >= 15 is 0 Å². The van der Waals surface area contributed by atoms with Crippen molar-refractivity contribution in [3.05, 3.63) is 17.5 Å². The SMILES string of the molecule is Cc1cc(C(N)=S)nc(N2CCC(C(C)C)C2)n1. The number of aromatic nitrogens is 2. The zero-order valence-electron chi connectivity index (χ0n) is 11.2. The van der Waals surface area contributed by atoms with E-state index in [-0.39, 0.29) is 0 Å². The van der Waals surface area contributed by atoms with Gasteiger partial charge in [0.1, 0.15) is 10.7 Å². The Bertz CT molecular complexity index is 458. The maximum Gasteiger partial charge on any atom is 0.226 e. The Kier molecular flexibility index (Phi) is 3.80. The molecule has 0 amide bonds. The van der Waals surface area contributed by atoms with Gasteiger partial charge in [-0.3, -0.25) is 0 Å². The van der Waals surface area contributed by atoms with Crippen molar-refractivity contribution in [1.29, 1.82) is 0 Å². The highest BCUT2D eigenvalue weighted by Gasteiger charge is 2.26. The number of hydrogen-bond donors (Lipinski definition) is 1. The first-order valence-electron chi connectivity index (χ1n) is 6.38. The molecule has 1 aromatic rings. The van der Waals surface area contributed by atoms with Crippen LogP contribution in [0, 0.1) is 18.8 Å². The van der Waals surface area contributed by atoms with Gasteiger partial charge < -0.3 is 10.6 Å². The molecule has 1 unspecified atom stereocenters. The van der Waals surface area contributed by atoms with Gasteiger partial charge in [0, 0.05) is 18.8 Å². The van der Waals surface area contributed by atoms with Crippen molar-refractivity contribution in [3.8, 4) is 0 Å². The molecule has 1 saturated heterocycles. The van der Waals surface area contributed by atoms with E-state index in [1.807, 2.05) is 13.0 Å². The summed E-state index contributed by atoms with van der Waals surface area (Å²) in [4.78, 5) is 11.5. The largest absolute Gasteiger partial charge is 0.388 e. The fourth-order valence-corrected chi connectivity index (χ4v) is 2.44. The molecule has 98 valence electrons. The summed E-state index contributed by atoms with van der Waals surface area (Å²) >= 11 is 4.99. The van der Waals surface area contributed by atoms with E-state index in [0.29, 0.717) is 16.6 Å². The van der Waals surface area contributed by atoms with Crippen molar-refractivity contribution >= 4 is 23.2 Å². The molecule has 0 saturated carbocycles. The average molecular weight is 264 g/mol. The molecule has 0 spiro atoms. The molecule has 0 radical (unpaired) electrons. The predicted octanol–water partition coefficient (Wildman–Crippen LogP) is 1.90. The topological polar surface area (TPSA) is 55.0 Å². The second kappa shape index (κ2) is 5.18. The molecule has 2 heterocycles. The highest BCUT2D eigenvalue weighted by Crippen LogP contribution is 2.26. The molecular formula is C13H20N4S.